The van der Waals surface area contributed by atoms with Crippen molar-refractivity contribution in [1.29, 1.82) is 0 Å². The maximum absolute atomic E-state index is 13.8. The lowest BCUT2D eigenvalue weighted by atomic mass is 9.48. The van der Waals surface area contributed by atoms with E-state index in [2.05, 4.69) is 4.90 Å². The van der Waals surface area contributed by atoms with Crippen LogP contribution in [0.1, 0.15) is 63.9 Å². The number of hydrogen-bond acceptors (Lipinski definition) is 11. The minimum Gasteiger partial charge on any atom is -0.504 e. The van der Waals surface area contributed by atoms with Gasteiger partial charge < -0.3 is 40.1 Å². The first-order chi connectivity index (χ1) is 22.4. The van der Waals surface area contributed by atoms with Crippen molar-refractivity contribution in [3.63, 3.8) is 0 Å². The van der Waals surface area contributed by atoms with Crippen LogP contribution in [0.5, 0.6) is 17.2 Å². The Morgan fingerprint density at radius 2 is 1.72 bits per heavy atom. The van der Waals surface area contributed by atoms with Crippen LogP contribution in [-0.4, -0.2) is 120 Å². The van der Waals surface area contributed by atoms with Gasteiger partial charge in [0.05, 0.1) is 35.3 Å². The summed E-state index contributed by atoms with van der Waals surface area (Å²) in [4.78, 5) is 50.8. The van der Waals surface area contributed by atoms with E-state index in [1.54, 1.807) is 24.3 Å². The second-order valence-corrected chi connectivity index (χ2v) is 13.3. The number of methoxy groups -OCH3 is 1. The molecule has 0 radical (unpaired) electrons. The van der Waals surface area contributed by atoms with Gasteiger partial charge in [-0.25, -0.2) is 9.59 Å². The third-order valence-electron chi connectivity index (χ3n) is 11.0. The number of fused-ring (bicyclic) bond motifs is 1. The number of carboxylic acid groups (broad SMARTS) is 2. The number of piperidine rings is 1. The number of rotatable bonds is 7. The van der Waals surface area contributed by atoms with Crippen LogP contribution < -0.4 is 9.47 Å². The van der Waals surface area contributed by atoms with Crippen LogP contribution in [0, 0.1) is 5.92 Å². The fraction of sp³-hybridized carbons (Fsp3) is 0.515. The van der Waals surface area contributed by atoms with Gasteiger partial charge in [0.25, 0.3) is 11.8 Å². The highest BCUT2D eigenvalue weighted by Gasteiger charge is 2.74. The Morgan fingerprint density at radius 1 is 1.02 bits per heavy atom. The lowest BCUT2D eigenvalue weighted by Crippen LogP contribution is -2.78. The number of imide groups is 1. The number of benzene rings is 2. The van der Waals surface area contributed by atoms with Crippen molar-refractivity contribution in [3.05, 3.63) is 52.6 Å². The second-order valence-electron chi connectivity index (χ2n) is 13.3. The van der Waals surface area contributed by atoms with E-state index in [9.17, 15) is 29.4 Å². The Balaban J connectivity index is 0.000000308. The van der Waals surface area contributed by atoms with Crippen LogP contribution in [-0.2, 0) is 21.4 Å². The number of aliphatic hydroxyl groups is 3. The van der Waals surface area contributed by atoms with Crippen LogP contribution in [0.15, 0.2) is 30.3 Å². The molecule has 14 nitrogen and oxygen atoms in total. The molecule has 8 rings (SSSR count). The van der Waals surface area contributed by atoms with Crippen molar-refractivity contribution in [2.45, 2.75) is 79.9 Å². The molecule has 3 aliphatic carbocycles. The first-order valence-corrected chi connectivity index (χ1v) is 15.7. The largest absolute Gasteiger partial charge is 0.504 e. The Morgan fingerprint density at radius 3 is 2.36 bits per heavy atom. The van der Waals surface area contributed by atoms with Crippen LogP contribution >= 0.6 is 0 Å². The minimum absolute atomic E-state index is 0.0477. The fourth-order valence-corrected chi connectivity index (χ4v) is 8.73. The molecular weight excluding hydrogens is 616 g/mol. The molecule has 1 saturated heterocycles. The molecule has 3 aliphatic heterocycles. The Labute approximate surface area is 268 Å². The first kappa shape index (κ1) is 31.4. The van der Waals surface area contributed by atoms with E-state index in [0.29, 0.717) is 48.7 Å². The van der Waals surface area contributed by atoms with Gasteiger partial charge in [0, 0.05) is 18.2 Å². The molecule has 2 bridgehead atoms. The number of amides is 2. The number of aliphatic carboxylic acids is 2. The molecule has 14 heteroatoms. The summed E-state index contributed by atoms with van der Waals surface area (Å²) in [7, 11) is 1.49. The number of hydrogen-bond donors (Lipinski definition) is 6. The number of phenols is 1. The minimum atomic E-state index is -2.27. The van der Waals surface area contributed by atoms with Crippen LogP contribution in [0.25, 0.3) is 0 Å². The van der Waals surface area contributed by atoms with Gasteiger partial charge >= 0.3 is 11.9 Å². The van der Waals surface area contributed by atoms with Gasteiger partial charge in [0.1, 0.15) is 11.9 Å². The summed E-state index contributed by atoms with van der Waals surface area (Å²) in [6, 6.07) is 8.10. The molecule has 3 heterocycles. The van der Waals surface area contributed by atoms with Crippen LogP contribution in [0.4, 0.5) is 0 Å². The Hall–Kier alpha value is -4.24. The monoisotopic (exact) mass is 652 g/mol. The van der Waals surface area contributed by atoms with Crippen molar-refractivity contribution < 1.29 is 59.3 Å². The highest BCUT2D eigenvalue weighted by atomic mass is 16.5. The molecule has 2 saturated carbocycles. The van der Waals surface area contributed by atoms with E-state index >= 15 is 0 Å². The van der Waals surface area contributed by atoms with Crippen molar-refractivity contribution in [1.82, 2.24) is 9.80 Å². The van der Waals surface area contributed by atoms with Crippen molar-refractivity contribution in [3.8, 4) is 17.2 Å². The highest BCUT2D eigenvalue weighted by molar-refractivity contribution is 6.23. The number of aromatic hydroxyl groups is 1. The summed E-state index contributed by atoms with van der Waals surface area (Å²) in [5, 5.41) is 56.0. The SMILES string of the molecule is COc1cccc2c1C(=O)N([C@@H]1CCC3(O)[C@H]4Cc5ccc(O)c6c5[C@@]3(CCN4CC3CC3)[C@H]1O6)C2=O.O=C(O)C(O)C(O)C(=O)O. The topological polar surface area (TPSA) is 215 Å². The van der Waals surface area contributed by atoms with Crippen molar-refractivity contribution in [2.75, 3.05) is 20.2 Å². The highest BCUT2D eigenvalue weighted by Crippen LogP contribution is 2.66. The molecule has 3 unspecified atom stereocenters. The normalized spacial score (nSPS) is 31.1. The molecule has 0 aromatic heterocycles. The van der Waals surface area contributed by atoms with E-state index in [-0.39, 0.29) is 29.2 Å². The third kappa shape index (κ3) is 4.38. The number of carbonyl (C=O) groups is 4. The lowest BCUT2D eigenvalue weighted by Gasteiger charge is -2.64. The van der Waals surface area contributed by atoms with Gasteiger partial charge in [-0.1, -0.05) is 12.1 Å². The van der Waals surface area contributed by atoms with Gasteiger partial charge in [0.2, 0.25) is 0 Å². The zero-order valence-electron chi connectivity index (χ0n) is 25.5. The van der Waals surface area contributed by atoms with E-state index in [1.165, 1.54) is 24.9 Å². The van der Waals surface area contributed by atoms with Crippen LogP contribution in [0.2, 0.25) is 0 Å². The molecular formula is C33H36N2O12. The number of ether oxygens (including phenoxy) is 2. The lowest BCUT2D eigenvalue weighted by molar-refractivity contribution is -0.196. The quantitative estimate of drug-likeness (QED) is 0.225. The molecule has 7 atom stereocenters. The Kier molecular flexibility index (Phi) is 7.28. The van der Waals surface area contributed by atoms with Gasteiger partial charge in [0.15, 0.2) is 23.7 Å². The maximum atomic E-state index is 13.8. The fourth-order valence-electron chi connectivity index (χ4n) is 8.73. The molecule has 1 spiro atoms. The third-order valence-corrected chi connectivity index (χ3v) is 11.0. The summed E-state index contributed by atoms with van der Waals surface area (Å²) in [6.07, 6.45) is -0.404. The van der Waals surface area contributed by atoms with E-state index in [0.717, 1.165) is 24.2 Å². The predicted molar refractivity (Wildman–Crippen MR) is 159 cm³/mol. The number of aliphatic hydroxyl groups excluding tert-OH is 2. The van der Waals surface area contributed by atoms with Crippen molar-refractivity contribution in [2.24, 2.45) is 5.92 Å². The van der Waals surface area contributed by atoms with E-state index in [1.807, 2.05) is 6.07 Å². The number of nitrogens with zero attached hydrogens (tertiary/aromatic N) is 2. The summed E-state index contributed by atoms with van der Waals surface area (Å²) in [5.74, 6) is -2.73. The molecule has 6 aliphatic rings. The van der Waals surface area contributed by atoms with Gasteiger partial charge in [-0.05, 0) is 74.8 Å². The van der Waals surface area contributed by atoms with Gasteiger partial charge in [-0.15, -0.1) is 0 Å². The zero-order valence-corrected chi connectivity index (χ0v) is 25.5. The summed E-state index contributed by atoms with van der Waals surface area (Å²) < 4.78 is 12.0. The molecule has 3 fully saturated rings. The first-order valence-electron chi connectivity index (χ1n) is 15.7. The Bertz CT molecular complexity index is 1670. The maximum Gasteiger partial charge on any atom is 0.335 e. The summed E-state index contributed by atoms with van der Waals surface area (Å²) >= 11 is 0. The zero-order chi connectivity index (χ0) is 33.6. The van der Waals surface area contributed by atoms with E-state index in [4.69, 9.17) is 29.9 Å². The molecule has 250 valence electrons. The van der Waals surface area contributed by atoms with E-state index < -0.39 is 47.3 Å². The smallest absolute Gasteiger partial charge is 0.335 e. The number of carboxylic acids is 2. The number of carbonyl (C=O) groups excluding carboxylic acids is 2. The summed E-state index contributed by atoms with van der Waals surface area (Å²) in [6.45, 7) is 1.82. The molecule has 2 amide bonds. The van der Waals surface area contributed by atoms with Gasteiger partial charge in [-0.2, -0.15) is 0 Å². The average Bonchev–Trinajstić information content (AvgIpc) is 3.74. The molecule has 6 N–H and O–H groups in total. The standard InChI is InChI=1S/C29H30N2O6.C4H6O6/c1-36-20-4-2-3-17-22(20)27(34)31(26(17)33)18-9-10-29(35)21-13-16-7-8-19(32)24-23(16)28(29,25(18)37-24)11-12-30(21)14-15-5-6-15;5-1(3(7)8)2(6)4(9)10/h2-4,7-8,15,18,21,25,32,35H,5-6,9-14H2,1H3;1-2,5-6H,(H,7,8)(H,9,10)/t18-,21-,25+,28+,29?;/m1./s1. The number of phenolic OH excluding ortho intramolecular Hbond substituents is 1. The predicted octanol–water partition coefficient (Wildman–Crippen LogP) is 0.507. The molecule has 47 heavy (non-hydrogen) atoms. The molecule has 2 aromatic carbocycles. The molecule has 2 aromatic rings. The van der Waals surface area contributed by atoms with Crippen LogP contribution in [0.3, 0.4) is 0 Å². The van der Waals surface area contributed by atoms with Crippen molar-refractivity contribution >= 4 is 23.8 Å². The second kappa shape index (κ2) is 10.9. The number of likely N-dealkylation sites (tertiary alicyclic amines) is 1. The van der Waals surface area contributed by atoms with Gasteiger partial charge in [-0.3, -0.25) is 19.4 Å². The summed E-state index contributed by atoms with van der Waals surface area (Å²) in [5.41, 5.74) is 0.748. The average molecular weight is 653 g/mol.